The van der Waals surface area contributed by atoms with Crippen LogP contribution in [0.5, 0.6) is 0 Å². The maximum absolute atomic E-state index is 15.7. The number of nitrogens with zero attached hydrogens (tertiary/aromatic N) is 4. The van der Waals surface area contributed by atoms with Crippen LogP contribution in [0.2, 0.25) is 0 Å². The van der Waals surface area contributed by atoms with Gasteiger partial charge in [-0.2, -0.15) is 5.10 Å². The largest absolute Gasteiger partial charge is 0.340 e. The fourth-order valence-electron chi connectivity index (χ4n) is 5.05. The first-order valence-electron chi connectivity index (χ1n) is 11.7. The lowest BCUT2D eigenvalue weighted by Gasteiger charge is -2.39. The molecule has 6 nitrogen and oxygen atoms in total. The standard InChI is InChI=1S/C26H29F3N4O2/c1-18(34)32-12-10-31(11-13-32)17-22(28)15-26(20-6-4-3-5-7-20)16-25(30-33(26)19(2)35)23-14-21(27)8-9-24(23)29/h3-9,14,22H,10-13,15-17H2,1-2H3/t22-,26-/m0/s1. The van der Waals surface area contributed by atoms with Gasteiger partial charge in [-0.05, 0) is 23.8 Å². The molecule has 4 rings (SSSR count). The summed E-state index contributed by atoms with van der Waals surface area (Å²) in [5, 5.41) is 5.61. The Morgan fingerprint density at radius 3 is 2.31 bits per heavy atom. The molecule has 0 saturated carbocycles. The fourth-order valence-corrected chi connectivity index (χ4v) is 5.05. The third-order valence-electron chi connectivity index (χ3n) is 6.77. The normalized spacial score (nSPS) is 21.7. The molecule has 1 fully saturated rings. The number of hydrazone groups is 1. The van der Waals surface area contributed by atoms with Gasteiger partial charge in [0, 0.05) is 65.0 Å². The lowest BCUT2D eigenvalue weighted by atomic mass is 9.79. The Bertz CT molecular complexity index is 1120. The molecule has 0 spiro atoms. The van der Waals surface area contributed by atoms with Crippen LogP contribution >= 0.6 is 0 Å². The van der Waals surface area contributed by atoms with Crippen LogP contribution < -0.4 is 0 Å². The van der Waals surface area contributed by atoms with Crippen LogP contribution in [-0.4, -0.2) is 71.2 Å². The maximum Gasteiger partial charge on any atom is 0.240 e. The van der Waals surface area contributed by atoms with E-state index in [1.807, 2.05) is 11.0 Å². The minimum absolute atomic E-state index is 0.00166. The molecule has 9 heteroatoms. The molecular weight excluding hydrogens is 457 g/mol. The average molecular weight is 487 g/mol. The van der Waals surface area contributed by atoms with Crippen molar-refractivity contribution in [3.05, 3.63) is 71.3 Å². The lowest BCUT2D eigenvalue weighted by molar-refractivity contribution is -0.135. The molecule has 0 radical (unpaired) electrons. The van der Waals surface area contributed by atoms with Crippen LogP contribution in [0.25, 0.3) is 0 Å². The summed E-state index contributed by atoms with van der Waals surface area (Å²) in [6, 6.07) is 12.1. The number of hydrogen-bond donors (Lipinski definition) is 0. The van der Waals surface area contributed by atoms with Crippen molar-refractivity contribution in [2.45, 2.75) is 38.4 Å². The summed E-state index contributed by atoms with van der Waals surface area (Å²) >= 11 is 0. The summed E-state index contributed by atoms with van der Waals surface area (Å²) in [7, 11) is 0. The second-order valence-corrected chi connectivity index (χ2v) is 9.18. The second-order valence-electron chi connectivity index (χ2n) is 9.18. The molecule has 1 saturated heterocycles. The van der Waals surface area contributed by atoms with Gasteiger partial charge in [-0.25, -0.2) is 18.2 Å². The van der Waals surface area contributed by atoms with Crippen LogP contribution in [0.1, 0.15) is 37.8 Å². The molecule has 0 aromatic heterocycles. The SMILES string of the molecule is CC(=O)N1CCN(C[C@@H](F)C[C@@]2(c3ccccc3)CC(c3cc(F)ccc3F)=NN2C(C)=O)CC1. The van der Waals surface area contributed by atoms with E-state index in [0.717, 1.165) is 18.2 Å². The Morgan fingerprint density at radius 2 is 1.69 bits per heavy atom. The lowest BCUT2D eigenvalue weighted by Crippen LogP contribution is -2.51. The van der Waals surface area contributed by atoms with E-state index in [1.165, 1.54) is 18.9 Å². The van der Waals surface area contributed by atoms with E-state index in [4.69, 9.17) is 0 Å². The van der Waals surface area contributed by atoms with Crippen LogP contribution in [0.3, 0.4) is 0 Å². The molecule has 2 aliphatic rings. The molecule has 2 atom stereocenters. The summed E-state index contributed by atoms with van der Waals surface area (Å²) in [6.07, 6.45) is -1.34. The molecule has 2 aromatic rings. The van der Waals surface area contributed by atoms with Crippen LogP contribution in [0, 0.1) is 11.6 Å². The zero-order chi connectivity index (χ0) is 25.2. The number of piperazine rings is 1. The zero-order valence-corrected chi connectivity index (χ0v) is 19.9. The molecule has 2 heterocycles. The van der Waals surface area contributed by atoms with Gasteiger partial charge >= 0.3 is 0 Å². The van der Waals surface area contributed by atoms with E-state index in [0.29, 0.717) is 31.7 Å². The first-order chi connectivity index (χ1) is 16.7. The predicted molar refractivity (Wildman–Crippen MR) is 126 cm³/mol. The first-order valence-corrected chi connectivity index (χ1v) is 11.7. The molecule has 0 unspecified atom stereocenters. The van der Waals surface area contributed by atoms with Gasteiger partial charge < -0.3 is 4.90 Å². The Balaban J connectivity index is 1.62. The highest BCUT2D eigenvalue weighted by Crippen LogP contribution is 2.44. The number of rotatable bonds is 6. The Kier molecular flexibility index (Phi) is 7.25. The first kappa shape index (κ1) is 24.9. The summed E-state index contributed by atoms with van der Waals surface area (Å²) < 4.78 is 44.2. The summed E-state index contributed by atoms with van der Waals surface area (Å²) in [5.74, 6) is -1.69. The van der Waals surface area contributed by atoms with Crippen molar-refractivity contribution in [1.29, 1.82) is 0 Å². The fraction of sp³-hybridized carbons (Fsp3) is 0.423. The Labute approximate surface area is 203 Å². The van der Waals surface area contributed by atoms with E-state index in [1.54, 1.807) is 29.2 Å². The van der Waals surface area contributed by atoms with Gasteiger partial charge in [0.05, 0.1) is 11.3 Å². The third-order valence-corrected chi connectivity index (χ3v) is 6.77. The van der Waals surface area contributed by atoms with Crippen molar-refractivity contribution >= 4 is 17.5 Å². The van der Waals surface area contributed by atoms with Gasteiger partial charge in [-0.1, -0.05) is 30.3 Å². The number of alkyl halides is 1. The topological polar surface area (TPSA) is 56.2 Å². The van der Waals surface area contributed by atoms with Gasteiger partial charge in [-0.15, -0.1) is 0 Å². The van der Waals surface area contributed by atoms with Crippen LogP contribution in [0.15, 0.2) is 53.6 Å². The van der Waals surface area contributed by atoms with E-state index in [2.05, 4.69) is 5.10 Å². The highest BCUT2D eigenvalue weighted by atomic mass is 19.1. The molecule has 0 bridgehead atoms. The van der Waals surface area contributed by atoms with E-state index < -0.39 is 29.3 Å². The quantitative estimate of drug-likeness (QED) is 0.626. The molecule has 0 N–H and O–H groups in total. The van der Waals surface area contributed by atoms with Crippen LogP contribution in [0.4, 0.5) is 13.2 Å². The average Bonchev–Trinajstić information content (AvgIpc) is 3.22. The van der Waals surface area contributed by atoms with Crippen molar-refractivity contribution < 1.29 is 22.8 Å². The Morgan fingerprint density at radius 1 is 1.00 bits per heavy atom. The molecule has 186 valence electrons. The second kappa shape index (κ2) is 10.2. The van der Waals surface area contributed by atoms with Gasteiger partial charge in [0.2, 0.25) is 11.8 Å². The molecule has 35 heavy (non-hydrogen) atoms. The summed E-state index contributed by atoms with van der Waals surface area (Å²) in [5.41, 5.74) is -0.343. The third kappa shape index (κ3) is 5.24. The maximum atomic E-state index is 15.7. The molecular formula is C26H29F3N4O2. The van der Waals surface area contributed by atoms with Gasteiger partial charge in [0.1, 0.15) is 17.8 Å². The van der Waals surface area contributed by atoms with Crippen molar-refractivity contribution in [2.24, 2.45) is 5.10 Å². The molecule has 2 aliphatic heterocycles. The minimum atomic E-state index is -1.33. The number of hydrogen-bond acceptors (Lipinski definition) is 4. The monoisotopic (exact) mass is 486 g/mol. The van der Waals surface area contributed by atoms with Gasteiger partial charge in [0.25, 0.3) is 0 Å². The minimum Gasteiger partial charge on any atom is -0.340 e. The molecule has 2 aromatic carbocycles. The number of halogens is 3. The molecule has 2 amide bonds. The highest BCUT2D eigenvalue weighted by Gasteiger charge is 2.48. The van der Waals surface area contributed by atoms with E-state index >= 15 is 4.39 Å². The number of benzene rings is 2. The van der Waals surface area contributed by atoms with E-state index in [-0.39, 0.29) is 36.6 Å². The van der Waals surface area contributed by atoms with E-state index in [9.17, 15) is 18.4 Å². The summed E-state index contributed by atoms with van der Waals surface area (Å²) in [6.45, 7) is 5.19. The van der Waals surface area contributed by atoms with Gasteiger partial charge in [-0.3, -0.25) is 14.5 Å². The highest BCUT2D eigenvalue weighted by molar-refractivity contribution is 6.04. The smallest absolute Gasteiger partial charge is 0.240 e. The van der Waals surface area contributed by atoms with Crippen molar-refractivity contribution in [3.8, 4) is 0 Å². The summed E-state index contributed by atoms with van der Waals surface area (Å²) in [4.78, 5) is 28.0. The zero-order valence-electron chi connectivity index (χ0n) is 19.9. The van der Waals surface area contributed by atoms with Crippen molar-refractivity contribution in [3.63, 3.8) is 0 Å². The van der Waals surface area contributed by atoms with Gasteiger partial charge in [0.15, 0.2) is 0 Å². The van der Waals surface area contributed by atoms with Crippen LogP contribution in [-0.2, 0) is 15.1 Å². The van der Waals surface area contributed by atoms with Crippen molar-refractivity contribution in [2.75, 3.05) is 32.7 Å². The number of carbonyl (C=O) groups is 2. The van der Waals surface area contributed by atoms with Crippen molar-refractivity contribution in [1.82, 2.24) is 14.8 Å². The Hall–Kier alpha value is -3.20. The number of amides is 2. The predicted octanol–water partition coefficient (Wildman–Crippen LogP) is 3.71. The number of carbonyl (C=O) groups excluding carboxylic acids is 2. The molecule has 0 aliphatic carbocycles.